The van der Waals surface area contributed by atoms with Crippen LogP contribution < -0.4 is 4.74 Å². The summed E-state index contributed by atoms with van der Waals surface area (Å²) in [5.41, 5.74) is 1.25. The van der Waals surface area contributed by atoms with E-state index in [1.165, 1.54) is 38.5 Å². The molecule has 0 saturated heterocycles. The van der Waals surface area contributed by atoms with Gasteiger partial charge < -0.3 is 9.47 Å². The quantitative estimate of drug-likeness (QED) is 0.501. The van der Waals surface area contributed by atoms with Crippen LogP contribution >= 0.6 is 0 Å². The average molecular weight is 372 g/mol. The van der Waals surface area contributed by atoms with Crippen molar-refractivity contribution in [3.05, 3.63) is 60.2 Å². The molecule has 3 fully saturated rings. The Morgan fingerprint density at radius 1 is 0.964 bits per heavy atom. The Labute approximate surface area is 166 Å². The number of esters is 1. The first kappa shape index (κ1) is 17.4. The van der Waals surface area contributed by atoms with Crippen molar-refractivity contribution in [2.24, 2.45) is 16.7 Å². The highest BCUT2D eigenvalue weighted by Gasteiger charge is 2.84. The summed E-state index contributed by atoms with van der Waals surface area (Å²) in [6.07, 6.45) is 12.2. The average Bonchev–Trinajstić information content (AvgIpc) is 3.54. The van der Waals surface area contributed by atoms with Gasteiger partial charge in [-0.2, -0.15) is 0 Å². The smallest absolute Gasteiger partial charge is 0.311 e. The van der Waals surface area contributed by atoms with Crippen LogP contribution in [0, 0.1) is 29.1 Å². The molecule has 28 heavy (non-hydrogen) atoms. The Kier molecular flexibility index (Phi) is 3.98. The number of carbonyl (C=O) groups excluding carboxylic acids is 1. The molecule has 0 bridgehead atoms. The van der Waals surface area contributed by atoms with Gasteiger partial charge in [0.05, 0.1) is 5.92 Å². The molecule has 2 aromatic rings. The third-order valence-corrected chi connectivity index (χ3v) is 7.06. The van der Waals surface area contributed by atoms with Crippen molar-refractivity contribution in [2.75, 3.05) is 0 Å². The minimum absolute atomic E-state index is 0.0575. The molecule has 0 N–H and O–H groups in total. The lowest BCUT2D eigenvalue weighted by molar-refractivity contribution is -0.149. The Morgan fingerprint density at radius 3 is 2.32 bits per heavy atom. The fraction of sp³-hybridized carbons (Fsp3) is 0.400. The maximum Gasteiger partial charge on any atom is 0.311 e. The normalized spacial score (nSPS) is 23.8. The van der Waals surface area contributed by atoms with Crippen molar-refractivity contribution in [1.29, 1.82) is 0 Å². The molecule has 2 spiro atoms. The van der Waals surface area contributed by atoms with E-state index in [4.69, 9.17) is 15.9 Å². The number of benzene rings is 2. The second kappa shape index (κ2) is 6.41. The highest BCUT2D eigenvalue weighted by molar-refractivity contribution is 5.81. The van der Waals surface area contributed by atoms with Gasteiger partial charge in [0.15, 0.2) is 6.10 Å². The minimum Gasteiger partial charge on any atom is -0.457 e. The topological polar surface area (TPSA) is 35.5 Å². The molecule has 2 unspecified atom stereocenters. The summed E-state index contributed by atoms with van der Waals surface area (Å²) in [5, 5.41) is 0. The minimum atomic E-state index is -0.679. The first-order chi connectivity index (χ1) is 13.7. The van der Waals surface area contributed by atoms with E-state index < -0.39 is 6.10 Å². The van der Waals surface area contributed by atoms with Crippen molar-refractivity contribution in [1.82, 2.24) is 0 Å². The molecule has 5 rings (SSSR count). The van der Waals surface area contributed by atoms with Gasteiger partial charge in [-0.25, -0.2) is 0 Å². The number of rotatable bonds is 5. The fourth-order valence-electron chi connectivity index (χ4n) is 5.65. The lowest BCUT2D eigenvalue weighted by Gasteiger charge is -2.15. The molecule has 0 radical (unpaired) electrons. The molecule has 0 aromatic heterocycles. The molecule has 0 aliphatic heterocycles. The van der Waals surface area contributed by atoms with Crippen LogP contribution in [0.1, 0.15) is 50.2 Å². The van der Waals surface area contributed by atoms with Gasteiger partial charge in [-0.1, -0.05) is 49.1 Å². The number of hydrogen-bond donors (Lipinski definition) is 0. The molecule has 3 heteroatoms. The number of para-hydroxylation sites is 1. The third-order valence-electron chi connectivity index (χ3n) is 7.06. The predicted molar refractivity (Wildman–Crippen MR) is 107 cm³/mol. The maximum atomic E-state index is 13.0. The van der Waals surface area contributed by atoms with Gasteiger partial charge in [0.25, 0.3) is 0 Å². The van der Waals surface area contributed by atoms with E-state index in [-0.39, 0.29) is 22.7 Å². The SMILES string of the molecule is C#CC(OC(=O)C1C2(CCCC2)C12CC2)c1cccc(Oc2ccccc2)c1. The van der Waals surface area contributed by atoms with Gasteiger partial charge in [-0.15, -0.1) is 6.42 Å². The van der Waals surface area contributed by atoms with E-state index in [0.717, 1.165) is 11.3 Å². The lowest BCUT2D eigenvalue weighted by Crippen LogP contribution is -2.15. The van der Waals surface area contributed by atoms with Crippen LogP contribution in [-0.2, 0) is 9.53 Å². The third kappa shape index (κ3) is 2.63. The molecule has 3 aliphatic rings. The molecule has 0 amide bonds. The summed E-state index contributed by atoms with van der Waals surface area (Å²) < 4.78 is 11.7. The second-order valence-electron chi connectivity index (χ2n) is 8.42. The lowest BCUT2D eigenvalue weighted by atomic mass is 9.99. The molecule has 3 aliphatic carbocycles. The van der Waals surface area contributed by atoms with Gasteiger partial charge >= 0.3 is 5.97 Å². The Morgan fingerprint density at radius 2 is 1.64 bits per heavy atom. The fourth-order valence-corrected chi connectivity index (χ4v) is 5.65. The molecular formula is C25H24O3. The molecule has 2 atom stereocenters. The van der Waals surface area contributed by atoms with Gasteiger partial charge in [-0.05, 0) is 60.8 Å². The summed E-state index contributed by atoms with van der Waals surface area (Å²) in [6, 6.07) is 17.1. The van der Waals surface area contributed by atoms with E-state index in [0.29, 0.717) is 5.75 Å². The van der Waals surface area contributed by atoms with Crippen LogP contribution in [0.25, 0.3) is 0 Å². The number of ether oxygens (including phenoxy) is 2. The van der Waals surface area contributed by atoms with E-state index in [1.807, 2.05) is 54.6 Å². The highest BCUT2D eigenvalue weighted by Crippen LogP contribution is 2.87. The van der Waals surface area contributed by atoms with Crippen molar-refractivity contribution in [3.63, 3.8) is 0 Å². The van der Waals surface area contributed by atoms with Crippen LogP contribution in [0.4, 0.5) is 0 Å². The molecule has 3 nitrogen and oxygen atoms in total. The van der Waals surface area contributed by atoms with Crippen LogP contribution in [0.2, 0.25) is 0 Å². The Hall–Kier alpha value is -2.73. The van der Waals surface area contributed by atoms with Crippen molar-refractivity contribution in [3.8, 4) is 23.8 Å². The van der Waals surface area contributed by atoms with Crippen LogP contribution in [-0.4, -0.2) is 5.97 Å². The zero-order valence-electron chi connectivity index (χ0n) is 15.9. The summed E-state index contributed by atoms with van der Waals surface area (Å²) in [6.45, 7) is 0. The van der Waals surface area contributed by atoms with Gasteiger partial charge in [0.1, 0.15) is 11.5 Å². The Balaban J connectivity index is 1.31. The van der Waals surface area contributed by atoms with Crippen molar-refractivity contribution < 1.29 is 14.3 Å². The summed E-state index contributed by atoms with van der Waals surface area (Å²) in [7, 11) is 0. The Bertz CT molecular complexity index is 930. The van der Waals surface area contributed by atoms with E-state index >= 15 is 0 Å². The number of fused-ring (bicyclic) bond motifs is 1. The van der Waals surface area contributed by atoms with E-state index in [2.05, 4.69) is 5.92 Å². The van der Waals surface area contributed by atoms with Gasteiger partial charge in [-0.3, -0.25) is 4.79 Å². The highest BCUT2D eigenvalue weighted by atomic mass is 16.5. The van der Waals surface area contributed by atoms with Gasteiger partial charge in [0.2, 0.25) is 0 Å². The summed E-state index contributed by atoms with van der Waals surface area (Å²) >= 11 is 0. The molecular weight excluding hydrogens is 348 g/mol. The van der Waals surface area contributed by atoms with Crippen LogP contribution in [0.3, 0.4) is 0 Å². The monoisotopic (exact) mass is 372 g/mol. The standard InChI is InChI=1S/C25H24O3/c1-2-21(18-9-8-12-20(17-18)27-19-10-4-3-5-11-19)28-23(26)22-24(13-6-7-14-24)25(22)15-16-25/h1,3-5,8-12,17,21-22H,6-7,13-16H2. The predicted octanol–water partition coefficient (Wildman–Crippen LogP) is 5.67. The van der Waals surface area contributed by atoms with Crippen molar-refractivity contribution >= 4 is 5.97 Å². The van der Waals surface area contributed by atoms with Gasteiger partial charge in [0, 0.05) is 5.56 Å². The first-order valence-electron chi connectivity index (χ1n) is 10.2. The first-order valence-corrected chi connectivity index (χ1v) is 10.2. The number of carbonyl (C=O) groups is 1. The molecule has 3 saturated carbocycles. The summed E-state index contributed by atoms with van der Waals surface area (Å²) in [5.74, 6) is 4.04. The van der Waals surface area contributed by atoms with E-state index in [9.17, 15) is 4.79 Å². The van der Waals surface area contributed by atoms with Crippen LogP contribution in [0.5, 0.6) is 11.5 Å². The number of hydrogen-bond acceptors (Lipinski definition) is 3. The molecule has 2 aromatic carbocycles. The maximum absolute atomic E-state index is 13.0. The van der Waals surface area contributed by atoms with Crippen molar-refractivity contribution in [2.45, 2.75) is 44.6 Å². The summed E-state index contributed by atoms with van der Waals surface area (Å²) in [4.78, 5) is 13.0. The molecule has 0 heterocycles. The zero-order chi connectivity index (χ0) is 19.2. The number of terminal acetylenes is 1. The van der Waals surface area contributed by atoms with E-state index in [1.54, 1.807) is 0 Å². The molecule has 142 valence electrons. The second-order valence-corrected chi connectivity index (χ2v) is 8.42. The zero-order valence-corrected chi connectivity index (χ0v) is 15.9. The van der Waals surface area contributed by atoms with Crippen LogP contribution in [0.15, 0.2) is 54.6 Å². The largest absolute Gasteiger partial charge is 0.457 e.